The third-order valence-electron chi connectivity index (χ3n) is 5.47. The zero-order valence-corrected chi connectivity index (χ0v) is 18.3. The van der Waals surface area contributed by atoms with Crippen LogP contribution in [0, 0.1) is 5.41 Å². The number of ether oxygens (including phenoxy) is 1. The predicted octanol–water partition coefficient (Wildman–Crippen LogP) is -0.365. The zero-order chi connectivity index (χ0) is 23.8. The third kappa shape index (κ3) is 4.88. The second-order valence-corrected chi connectivity index (χ2v) is 9.55. The van der Waals surface area contributed by atoms with Crippen molar-refractivity contribution in [2.45, 2.75) is 24.5 Å². The van der Waals surface area contributed by atoms with E-state index in [0.29, 0.717) is 22.5 Å². The van der Waals surface area contributed by atoms with Crippen LogP contribution in [0.5, 0.6) is 0 Å². The number of nitrogen functional groups attached to an aromatic ring is 1. The fourth-order valence-corrected chi connectivity index (χ4v) is 4.87. The number of morpholine rings is 1. The van der Waals surface area contributed by atoms with Crippen molar-refractivity contribution in [3.63, 3.8) is 0 Å². The lowest BCUT2D eigenvalue weighted by Crippen LogP contribution is -2.55. The predicted molar refractivity (Wildman–Crippen MR) is 120 cm³/mol. The Bertz CT molecular complexity index is 1210. The first-order valence-corrected chi connectivity index (χ1v) is 11.8. The molecule has 4 rings (SSSR count). The number of fused-ring (bicyclic) bond motifs is 1. The molecule has 2 aliphatic heterocycles. The summed E-state index contributed by atoms with van der Waals surface area (Å²) in [6, 6.07) is 11.2. The van der Waals surface area contributed by atoms with Crippen LogP contribution in [0.2, 0.25) is 0 Å². The summed E-state index contributed by atoms with van der Waals surface area (Å²) in [5.41, 5.74) is 8.19. The van der Waals surface area contributed by atoms with Crippen molar-refractivity contribution >= 4 is 39.0 Å². The van der Waals surface area contributed by atoms with Gasteiger partial charge in [0.05, 0.1) is 12.4 Å². The minimum absolute atomic E-state index is 0.109. The maximum Gasteiger partial charge on any atom is 0.259 e. The number of nitrogens with two attached hydrogens (primary N) is 1. The van der Waals surface area contributed by atoms with E-state index in [4.69, 9.17) is 15.9 Å². The number of nitrogens with zero attached hydrogens (tertiary/aromatic N) is 1. The first kappa shape index (κ1) is 22.9. The topological polar surface area (TPSA) is 175 Å². The van der Waals surface area contributed by atoms with Crippen LogP contribution in [-0.2, 0) is 36.6 Å². The van der Waals surface area contributed by atoms with Gasteiger partial charge in [0.15, 0.2) is 12.2 Å². The lowest BCUT2D eigenvalue weighted by Gasteiger charge is -2.34. The number of hydrogen-bond donors (Lipinski definition) is 5. The molecule has 0 saturated carbocycles. The molecule has 0 bridgehead atoms. The van der Waals surface area contributed by atoms with Crippen molar-refractivity contribution in [1.82, 2.24) is 4.72 Å². The summed E-state index contributed by atoms with van der Waals surface area (Å²) in [5, 5.41) is 20.4. The van der Waals surface area contributed by atoms with Crippen molar-refractivity contribution in [3.05, 3.63) is 59.2 Å². The van der Waals surface area contributed by atoms with Crippen molar-refractivity contribution in [1.29, 1.82) is 5.41 Å². The van der Waals surface area contributed by atoms with Crippen molar-refractivity contribution in [2.75, 3.05) is 23.4 Å². The normalized spacial score (nSPS) is 20.6. The number of aliphatic hydroxyl groups excluding tert-OH is 1. The summed E-state index contributed by atoms with van der Waals surface area (Å²) in [5.74, 6) is -1.64. The van der Waals surface area contributed by atoms with Crippen LogP contribution in [0.25, 0.3) is 0 Å². The Morgan fingerprint density at radius 3 is 2.67 bits per heavy atom. The number of anilines is 2. The molecule has 12 heteroatoms. The number of nitrogens with one attached hydrogen (secondary N) is 3. The highest BCUT2D eigenvalue weighted by atomic mass is 32.2. The van der Waals surface area contributed by atoms with Crippen LogP contribution in [0.15, 0.2) is 42.5 Å². The van der Waals surface area contributed by atoms with Gasteiger partial charge in [-0.2, -0.15) is 0 Å². The average molecular weight is 474 g/mol. The Morgan fingerprint density at radius 1 is 1.24 bits per heavy atom. The summed E-state index contributed by atoms with van der Waals surface area (Å²) in [7, 11) is -3.35. The minimum Gasteiger partial charge on any atom is -0.384 e. The molecule has 2 aromatic rings. The molecule has 0 aliphatic carbocycles. The second kappa shape index (κ2) is 8.90. The first-order valence-electron chi connectivity index (χ1n) is 10.1. The molecule has 0 spiro atoms. The maximum absolute atomic E-state index is 13.0. The van der Waals surface area contributed by atoms with Gasteiger partial charge < -0.3 is 25.8 Å². The number of rotatable bonds is 5. The molecule has 2 amide bonds. The van der Waals surface area contributed by atoms with E-state index in [0.717, 1.165) is 5.56 Å². The fourth-order valence-electron chi connectivity index (χ4n) is 3.70. The van der Waals surface area contributed by atoms with E-state index in [1.807, 2.05) is 0 Å². The molecule has 174 valence electrons. The summed E-state index contributed by atoms with van der Waals surface area (Å²) in [6.07, 6.45) is -3.15. The van der Waals surface area contributed by atoms with Crippen LogP contribution < -0.4 is 20.7 Å². The highest BCUT2D eigenvalue weighted by molar-refractivity contribution is 7.88. The second-order valence-electron chi connectivity index (χ2n) is 7.74. The standard InChI is InChI=1S/C21H23N5O6S/c22-19(23)12-1-4-15(5-2-12)25-20(28)17(27)18-21(29)26(7-8-32-18)16-6-3-13-11-33(30,31)24-10-14(13)9-16/h1-6,9,17-18,24,27H,7-8,10-11H2,(H3,22,23)(H,25,28)/t17-,18?/m1/s1. The van der Waals surface area contributed by atoms with Gasteiger partial charge in [0.2, 0.25) is 10.0 Å². The molecular formula is C21H23N5O6S. The average Bonchev–Trinajstić information content (AvgIpc) is 2.78. The largest absolute Gasteiger partial charge is 0.384 e. The van der Waals surface area contributed by atoms with E-state index in [1.54, 1.807) is 30.3 Å². The summed E-state index contributed by atoms with van der Waals surface area (Å²) in [6.45, 7) is 0.458. The smallest absolute Gasteiger partial charge is 0.259 e. The molecule has 1 saturated heterocycles. The summed E-state index contributed by atoms with van der Waals surface area (Å²) in [4.78, 5) is 27.0. The molecule has 0 radical (unpaired) electrons. The van der Waals surface area contributed by atoms with E-state index in [2.05, 4.69) is 10.0 Å². The van der Waals surface area contributed by atoms with Gasteiger partial charge in [-0.3, -0.25) is 15.0 Å². The minimum atomic E-state index is -3.35. The molecular weight excluding hydrogens is 450 g/mol. The van der Waals surface area contributed by atoms with Gasteiger partial charge in [-0.25, -0.2) is 13.1 Å². The van der Waals surface area contributed by atoms with Crippen molar-refractivity contribution in [2.24, 2.45) is 5.73 Å². The Hall–Kier alpha value is -3.32. The molecule has 11 nitrogen and oxygen atoms in total. The van der Waals surface area contributed by atoms with E-state index in [-0.39, 0.29) is 31.3 Å². The van der Waals surface area contributed by atoms with Gasteiger partial charge in [0, 0.05) is 30.0 Å². The van der Waals surface area contributed by atoms with E-state index < -0.39 is 34.0 Å². The SMILES string of the molecule is N=C(N)c1ccc(NC(=O)[C@H](O)C2OCCN(c3ccc4c(c3)CNS(=O)(=O)C4)C2=O)cc1. The molecule has 2 aromatic carbocycles. The van der Waals surface area contributed by atoms with Gasteiger partial charge in [0.1, 0.15) is 5.84 Å². The zero-order valence-electron chi connectivity index (χ0n) is 17.4. The number of carbonyl (C=O) groups is 2. The van der Waals surface area contributed by atoms with Gasteiger partial charge in [-0.1, -0.05) is 6.07 Å². The molecule has 6 N–H and O–H groups in total. The van der Waals surface area contributed by atoms with Crippen LogP contribution in [0.3, 0.4) is 0 Å². The number of sulfonamides is 1. The Labute approximate surface area is 190 Å². The highest BCUT2D eigenvalue weighted by Crippen LogP contribution is 2.26. The third-order valence-corrected chi connectivity index (χ3v) is 6.75. The molecule has 2 heterocycles. The summed E-state index contributed by atoms with van der Waals surface area (Å²) >= 11 is 0. The van der Waals surface area contributed by atoms with Gasteiger partial charge in [-0.15, -0.1) is 0 Å². The quantitative estimate of drug-likeness (QED) is 0.291. The summed E-state index contributed by atoms with van der Waals surface area (Å²) < 4.78 is 31.4. The van der Waals surface area contributed by atoms with Crippen molar-refractivity contribution in [3.8, 4) is 0 Å². The molecule has 1 unspecified atom stereocenters. The van der Waals surface area contributed by atoms with Crippen LogP contribution in [-0.4, -0.2) is 56.5 Å². The molecule has 2 atom stereocenters. The Balaban J connectivity index is 1.46. The van der Waals surface area contributed by atoms with E-state index in [9.17, 15) is 23.1 Å². The van der Waals surface area contributed by atoms with E-state index in [1.165, 1.54) is 17.0 Å². The van der Waals surface area contributed by atoms with Gasteiger partial charge >= 0.3 is 0 Å². The number of benzene rings is 2. The van der Waals surface area contributed by atoms with Crippen LogP contribution >= 0.6 is 0 Å². The van der Waals surface area contributed by atoms with Gasteiger partial charge in [-0.05, 0) is 47.5 Å². The number of hydrogen-bond acceptors (Lipinski definition) is 7. The number of aliphatic hydroxyl groups is 1. The molecule has 0 aromatic heterocycles. The van der Waals surface area contributed by atoms with Crippen LogP contribution in [0.1, 0.15) is 16.7 Å². The van der Waals surface area contributed by atoms with E-state index >= 15 is 0 Å². The van der Waals surface area contributed by atoms with Gasteiger partial charge in [0.25, 0.3) is 11.8 Å². The highest BCUT2D eigenvalue weighted by Gasteiger charge is 2.39. The molecule has 1 fully saturated rings. The molecule has 33 heavy (non-hydrogen) atoms. The Kier molecular flexibility index (Phi) is 6.17. The van der Waals surface area contributed by atoms with Crippen molar-refractivity contribution < 1.29 is 27.9 Å². The first-order chi connectivity index (χ1) is 15.6. The Morgan fingerprint density at radius 2 is 1.97 bits per heavy atom. The lowest BCUT2D eigenvalue weighted by atomic mass is 10.1. The molecule has 2 aliphatic rings. The fraction of sp³-hybridized carbons (Fsp3) is 0.286. The van der Waals surface area contributed by atoms with Crippen LogP contribution in [0.4, 0.5) is 11.4 Å². The lowest BCUT2D eigenvalue weighted by molar-refractivity contribution is -0.150. The maximum atomic E-state index is 13.0. The monoisotopic (exact) mass is 473 g/mol. The number of amidine groups is 1. The number of amides is 2. The number of carbonyl (C=O) groups excluding carboxylic acids is 2.